The quantitative estimate of drug-likeness (QED) is 0.814. The van der Waals surface area contributed by atoms with E-state index in [4.69, 9.17) is 4.74 Å². The molecular weight excluding hydrogens is 262 g/mol. The van der Waals surface area contributed by atoms with Gasteiger partial charge in [-0.1, -0.05) is 0 Å². The van der Waals surface area contributed by atoms with Crippen LogP contribution in [-0.4, -0.2) is 41.1 Å². The summed E-state index contributed by atoms with van der Waals surface area (Å²) < 4.78 is 7.00. The number of carbonyl (C=O) groups excluding carboxylic acids is 2. The zero-order chi connectivity index (χ0) is 14.9. The van der Waals surface area contributed by atoms with Gasteiger partial charge in [0.15, 0.2) is 5.82 Å². The molecule has 0 radical (unpaired) electrons. The average molecular weight is 281 g/mol. The van der Waals surface area contributed by atoms with Gasteiger partial charge in [0.1, 0.15) is 11.4 Å². The molecule has 20 heavy (non-hydrogen) atoms. The number of urea groups is 1. The van der Waals surface area contributed by atoms with Gasteiger partial charge in [0, 0.05) is 13.1 Å². The van der Waals surface area contributed by atoms with Crippen LogP contribution in [0.25, 0.3) is 0 Å². The maximum absolute atomic E-state index is 12.1. The molecule has 0 spiro atoms. The monoisotopic (exact) mass is 281 g/mol. The number of aromatic nitrogens is 2. The van der Waals surface area contributed by atoms with E-state index < -0.39 is 11.7 Å². The summed E-state index contributed by atoms with van der Waals surface area (Å²) >= 11 is 0. The van der Waals surface area contributed by atoms with E-state index in [1.807, 2.05) is 20.8 Å². The van der Waals surface area contributed by atoms with Crippen molar-refractivity contribution in [3.63, 3.8) is 0 Å². The molecule has 0 saturated carbocycles. The van der Waals surface area contributed by atoms with Crippen LogP contribution in [0.15, 0.2) is 6.07 Å². The van der Waals surface area contributed by atoms with Crippen LogP contribution in [0.4, 0.5) is 21.2 Å². The summed E-state index contributed by atoms with van der Waals surface area (Å²) in [5.74, 6) is 1.01. The Labute approximate surface area is 117 Å². The Kier molecular flexibility index (Phi) is 3.56. The molecule has 0 aliphatic carbocycles. The summed E-state index contributed by atoms with van der Waals surface area (Å²) in [5, 5.41) is 9.21. The van der Waals surface area contributed by atoms with Gasteiger partial charge in [-0.25, -0.2) is 14.3 Å². The van der Waals surface area contributed by atoms with Crippen molar-refractivity contribution in [2.45, 2.75) is 32.9 Å². The van der Waals surface area contributed by atoms with E-state index >= 15 is 0 Å². The van der Waals surface area contributed by atoms with Gasteiger partial charge < -0.3 is 10.1 Å². The van der Waals surface area contributed by atoms with E-state index in [0.29, 0.717) is 24.7 Å². The number of hydrogen-bond acceptors (Lipinski definition) is 4. The second-order valence-electron chi connectivity index (χ2n) is 5.45. The summed E-state index contributed by atoms with van der Waals surface area (Å²) in [6, 6.07) is 1.29. The molecule has 1 aliphatic rings. The molecule has 0 fully saturated rings. The third-order valence-corrected chi connectivity index (χ3v) is 2.65. The number of anilines is 2. The number of amides is 3. The minimum atomic E-state index is -0.548. The third kappa shape index (κ3) is 3.01. The van der Waals surface area contributed by atoms with E-state index in [9.17, 15) is 9.59 Å². The van der Waals surface area contributed by atoms with Gasteiger partial charge in [-0.3, -0.25) is 10.2 Å². The Hall–Kier alpha value is -2.25. The van der Waals surface area contributed by atoms with Crippen LogP contribution in [0.5, 0.6) is 0 Å². The first-order valence-corrected chi connectivity index (χ1v) is 6.37. The predicted molar refractivity (Wildman–Crippen MR) is 73.9 cm³/mol. The smallest absolute Gasteiger partial charge is 0.416 e. The lowest BCUT2D eigenvalue weighted by Crippen LogP contribution is -2.35. The van der Waals surface area contributed by atoms with Gasteiger partial charge in [0.05, 0.1) is 13.1 Å². The first kappa shape index (κ1) is 14.2. The highest BCUT2D eigenvalue weighted by molar-refractivity contribution is 5.91. The first-order chi connectivity index (χ1) is 9.30. The molecule has 3 amide bonds. The lowest BCUT2D eigenvalue weighted by molar-refractivity contribution is 0.0584. The van der Waals surface area contributed by atoms with Crippen LogP contribution in [0.1, 0.15) is 20.8 Å². The van der Waals surface area contributed by atoms with Crippen molar-refractivity contribution in [1.29, 1.82) is 0 Å². The molecule has 8 nitrogen and oxygen atoms in total. The van der Waals surface area contributed by atoms with Crippen LogP contribution in [-0.2, 0) is 11.3 Å². The number of nitrogens with zero attached hydrogens (tertiary/aromatic N) is 3. The number of hydrogen-bond donors (Lipinski definition) is 2. The van der Waals surface area contributed by atoms with Crippen LogP contribution in [0.3, 0.4) is 0 Å². The highest BCUT2D eigenvalue weighted by atomic mass is 16.6. The fourth-order valence-electron chi connectivity index (χ4n) is 1.84. The number of nitrogens with one attached hydrogen (secondary N) is 2. The molecule has 2 heterocycles. The molecule has 8 heteroatoms. The van der Waals surface area contributed by atoms with E-state index in [-0.39, 0.29) is 6.03 Å². The van der Waals surface area contributed by atoms with Crippen molar-refractivity contribution in [2.24, 2.45) is 0 Å². The Morgan fingerprint density at radius 1 is 1.35 bits per heavy atom. The maximum atomic E-state index is 12.1. The fourth-order valence-corrected chi connectivity index (χ4v) is 1.84. The summed E-state index contributed by atoms with van der Waals surface area (Å²) in [5.41, 5.74) is -0.548. The maximum Gasteiger partial charge on any atom is 0.416 e. The van der Waals surface area contributed by atoms with Crippen molar-refractivity contribution in [2.75, 3.05) is 23.8 Å². The van der Waals surface area contributed by atoms with Gasteiger partial charge >= 0.3 is 12.1 Å². The Balaban J connectivity index is 2.12. The number of ether oxygens (including phenoxy) is 1. The average Bonchev–Trinajstić information content (AvgIpc) is 2.85. The summed E-state index contributed by atoms with van der Waals surface area (Å²) in [6.45, 7) is 6.53. The minimum Gasteiger partial charge on any atom is -0.443 e. The zero-order valence-corrected chi connectivity index (χ0v) is 12.1. The summed E-state index contributed by atoms with van der Waals surface area (Å²) in [6.07, 6.45) is -0.414. The van der Waals surface area contributed by atoms with Crippen LogP contribution < -0.4 is 15.5 Å². The SMILES string of the molecule is CNC(=O)Nc1cc2n(n1)CCN2C(=O)OC(C)(C)C. The first-order valence-electron chi connectivity index (χ1n) is 6.37. The van der Waals surface area contributed by atoms with Crippen LogP contribution >= 0.6 is 0 Å². The van der Waals surface area contributed by atoms with Gasteiger partial charge in [-0.2, -0.15) is 5.10 Å². The van der Waals surface area contributed by atoms with Gasteiger partial charge in [-0.05, 0) is 20.8 Å². The second kappa shape index (κ2) is 5.03. The standard InChI is InChI=1S/C12H19N5O3/c1-12(2,3)20-11(19)16-5-6-17-9(16)7-8(15-17)14-10(18)13-4/h7H,5-6H2,1-4H3,(H2,13,14,15,18). The van der Waals surface area contributed by atoms with Gasteiger partial charge in [-0.15, -0.1) is 0 Å². The molecule has 0 aromatic carbocycles. The lowest BCUT2D eigenvalue weighted by atomic mass is 10.2. The van der Waals surface area contributed by atoms with Crippen LogP contribution in [0, 0.1) is 0 Å². The minimum absolute atomic E-state index is 0.356. The Morgan fingerprint density at radius 2 is 2.05 bits per heavy atom. The molecule has 0 atom stereocenters. The highest BCUT2D eigenvalue weighted by Crippen LogP contribution is 2.26. The number of rotatable bonds is 1. The molecule has 1 aromatic rings. The van der Waals surface area contributed by atoms with Crippen molar-refractivity contribution in [1.82, 2.24) is 15.1 Å². The zero-order valence-electron chi connectivity index (χ0n) is 12.1. The largest absolute Gasteiger partial charge is 0.443 e. The number of fused-ring (bicyclic) bond motifs is 1. The number of carbonyl (C=O) groups is 2. The summed E-state index contributed by atoms with van der Waals surface area (Å²) in [4.78, 5) is 24.8. The third-order valence-electron chi connectivity index (χ3n) is 2.65. The van der Waals surface area contributed by atoms with E-state index in [1.165, 1.54) is 11.9 Å². The molecule has 2 N–H and O–H groups in total. The molecule has 1 aliphatic heterocycles. The Morgan fingerprint density at radius 3 is 2.65 bits per heavy atom. The van der Waals surface area contributed by atoms with E-state index in [1.54, 1.807) is 10.7 Å². The molecular formula is C12H19N5O3. The van der Waals surface area contributed by atoms with Crippen LogP contribution in [0.2, 0.25) is 0 Å². The van der Waals surface area contributed by atoms with E-state index in [2.05, 4.69) is 15.7 Å². The summed E-state index contributed by atoms with van der Waals surface area (Å²) in [7, 11) is 1.52. The molecule has 2 rings (SSSR count). The normalized spacial score (nSPS) is 13.9. The molecule has 1 aromatic heterocycles. The van der Waals surface area contributed by atoms with Gasteiger partial charge in [0.25, 0.3) is 0 Å². The highest BCUT2D eigenvalue weighted by Gasteiger charge is 2.30. The molecule has 0 saturated heterocycles. The van der Waals surface area contributed by atoms with Crippen molar-refractivity contribution in [3.8, 4) is 0 Å². The van der Waals surface area contributed by atoms with Gasteiger partial charge in [0.2, 0.25) is 0 Å². The van der Waals surface area contributed by atoms with Crippen molar-refractivity contribution < 1.29 is 14.3 Å². The predicted octanol–water partition coefficient (Wildman–Crippen LogP) is 1.39. The Bertz CT molecular complexity index is 532. The second-order valence-corrected chi connectivity index (χ2v) is 5.45. The lowest BCUT2D eigenvalue weighted by Gasteiger charge is -2.23. The van der Waals surface area contributed by atoms with Crippen molar-refractivity contribution in [3.05, 3.63) is 6.07 Å². The molecule has 0 unspecified atom stereocenters. The fraction of sp³-hybridized carbons (Fsp3) is 0.583. The molecule has 0 bridgehead atoms. The van der Waals surface area contributed by atoms with E-state index in [0.717, 1.165) is 0 Å². The van der Waals surface area contributed by atoms with Crippen molar-refractivity contribution >= 4 is 23.8 Å². The topological polar surface area (TPSA) is 88.5 Å². The molecule has 110 valence electrons.